The largest absolute Gasteiger partial charge is 0.425 e. The van der Waals surface area contributed by atoms with Gasteiger partial charge in [0.1, 0.15) is 0 Å². The summed E-state index contributed by atoms with van der Waals surface area (Å²) in [4.78, 5) is 0. The van der Waals surface area contributed by atoms with Gasteiger partial charge in [0.05, 0.1) is 24.9 Å². The fourth-order valence-corrected chi connectivity index (χ4v) is 2.55. The first-order valence-electron chi connectivity index (χ1n) is 6.69. The van der Waals surface area contributed by atoms with Crippen molar-refractivity contribution in [3.8, 4) is 0 Å². The maximum atomic E-state index is 6.21. The Labute approximate surface area is 109 Å². The summed E-state index contributed by atoms with van der Waals surface area (Å²) in [7, 11) is 0. The number of aromatic nitrogens is 2. The van der Waals surface area contributed by atoms with Crippen molar-refractivity contribution in [1.29, 1.82) is 0 Å². The molecular formula is C13H21BN2O2. The molecule has 0 aliphatic carbocycles. The average Bonchev–Trinajstić information content (AvgIpc) is 2.68. The van der Waals surface area contributed by atoms with Gasteiger partial charge < -0.3 is 9.39 Å². The van der Waals surface area contributed by atoms with Crippen molar-refractivity contribution >= 4 is 12.4 Å². The zero-order valence-corrected chi connectivity index (χ0v) is 11.6. The van der Waals surface area contributed by atoms with E-state index in [9.17, 15) is 0 Å². The zero-order valence-electron chi connectivity index (χ0n) is 11.6. The van der Waals surface area contributed by atoms with Gasteiger partial charge >= 0.3 is 6.92 Å². The molecule has 0 amide bonds. The van der Waals surface area contributed by atoms with Crippen LogP contribution in [0, 0.1) is 5.41 Å². The van der Waals surface area contributed by atoms with E-state index in [0.29, 0.717) is 6.04 Å². The van der Waals surface area contributed by atoms with Crippen molar-refractivity contribution in [3.63, 3.8) is 0 Å². The van der Waals surface area contributed by atoms with E-state index in [1.165, 1.54) is 5.46 Å². The van der Waals surface area contributed by atoms with Gasteiger partial charge in [-0.3, -0.25) is 4.68 Å². The first-order valence-corrected chi connectivity index (χ1v) is 6.69. The minimum absolute atomic E-state index is 0.0840. The van der Waals surface area contributed by atoms with E-state index in [-0.39, 0.29) is 17.9 Å². The van der Waals surface area contributed by atoms with Crippen LogP contribution >= 0.6 is 0 Å². The second-order valence-electron chi connectivity index (χ2n) is 6.65. The summed E-state index contributed by atoms with van der Waals surface area (Å²) >= 11 is 0. The maximum Gasteiger partial charge on any atom is 0.331 e. The van der Waals surface area contributed by atoms with Gasteiger partial charge in [-0.2, -0.15) is 5.10 Å². The number of rotatable bonds is 2. The van der Waals surface area contributed by atoms with E-state index in [1.807, 2.05) is 10.9 Å². The Kier molecular flexibility index (Phi) is 2.61. The van der Waals surface area contributed by atoms with Gasteiger partial charge in [0.25, 0.3) is 0 Å². The lowest BCUT2D eigenvalue weighted by Gasteiger charge is -2.34. The highest BCUT2D eigenvalue weighted by Gasteiger charge is 2.50. The van der Waals surface area contributed by atoms with Gasteiger partial charge in [-0.1, -0.05) is 13.8 Å². The molecule has 0 aromatic carbocycles. The molecule has 5 heteroatoms. The van der Waals surface area contributed by atoms with Crippen LogP contribution in [-0.4, -0.2) is 35.5 Å². The Hall–Kier alpha value is -0.805. The van der Waals surface area contributed by atoms with Crippen LogP contribution in [0.1, 0.15) is 33.7 Å². The van der Waals surface area contributed by atoms with Crippen molar-refractivity contribution in [2.24, 2.45) is 5.41 Å². The van der Waals surface area contributed by atoms with E-state index in [4.69, 9.17) is 9.39 Å². The van der Waals surface area contributed by atoms with Crippen molar-refractivity contribution in [1.82, 2.24) is 9.78 Å². The molecule has 0 saturated carbocycles. The number of ether oxygens (including phenoxy) is 1. The Morgan fingerprint density at radius 2 is 2.06 bits per heavy atom. The third kappa shape index (κ3) is 1.80. The summed E-state index contributed by atoms with van der Waals surface area (Å²) in [6.07, 6.45) is 5.11. The first kappa shape index (κ1) is 12.2. The lowest BCUT2D eigenvalue weighted by atomic mass is 9.55. The standard InChI is InChI=1S/C13H21BN2O2/c1-12(2)9-14(18-13(12,3)4)10-5-15-16(6-10)11-7-17-8-11/h5-6,11H,7-9H2,1-4H3. The van der Waals surface area contributed by atoms with Gasteiger partial charge in [0.2, 0.25) is 0 Å². The average molecular weight is 248 g/mol. The van der Waals surface area contributed by atoms with Crippen LogP contribution in [0.3, 0.4) is 0 Å². The van der Waals surface area contributed by atoms with E-state index in [0.717, 1.165) is 19.5 Å². The zero-order chi connectivity index (χ0) is 13.0. The first-order chi connectivity index (χ1) is 8.39. The third-order valence-corrected chi connectivity index (χ3v) is 4.75. The van der Waals surface area contributed by atoms with E-state index >= 15 is 0 Å². The molecule has 3 heterocycles. The maximum absolute atomic E-state index is 6.21. The van der Waals surface area contributed by atoms with Crippen LogP contribution in [0.25, 0.3) is 0 Å². The van der Waals surface area contributed by atoms with E-state index in [2.05, 4.69) is 39.0 Å². The Morgan fingerprint density at radius 1 is 1.33 bits per heavy atom. The van der Waals surface area contributed by atoms with Crippen molar-refractivity contribution < 1.29 is 9.39 Å². The molecule has 0 unspecified atom stereocenters. The molecule has 3 rings (SSSR count). The van der Waals surface area contributed by atoms with Crippen LogP contribution in [0.2, 0.25) is 6.32 Å². The lowest BCUT2D eigenvalue weighted by Crippen LogP contribution is -2.36. The van der Waals surface area contributed by atoms with Crippen LogP contribution < -0.4 is 5.46 Å². The smallest absolute Gasteiger partial charge is 0.331 e. The Balaban J connectivity index is 1.78. The second-order valence-corrected chi connectivity index (χ2v) is 6.65. The van der Waals surface area contributed by atoms with Crippen molar-refractivity contribution in [2.45, 2.75) is 45.7 Å². The Morgan fingerprint density at radius 3 is 2.56 bits per heavy atom. The van der Waals surface area contributed by atoms with Crippen molar-refractivity contribution in [3.05, 3.63) is 12.4 Å². The highest BCUT2D eigenvalue weighted by Crippen LogP contribution is 2.45. The molecule has 2 fully saturated rings. The van der Waals surface area contributed by atoms with Gasteiger partial charge in [-0.15, -0.1) is 0 Å². The molecule has 1 aromatic heterocycles. The molecule has 0 radical (unpaired) electrons. The lowest BCUT2D eigenvalue weighted by molar-refractivity contribution is -0.0286. The number of hydrogen-bond acceptors (Lipinski definition) is 3. The predicted molar refractivity (Wildman–Crippen MR) is 71.2 cm³/mol. The molecule has 2 saturated heterocycles. The fraction of sp³-hybridized carbons (Fsp3) is 0.769. The molecule has 0 atom stereocenters. The second kappa shape index (κ2) is 3.84. The topological polar surface area (TPSA) is 36.3 Å². The number of nitrogens with zero attached hydrogens (tertiary/aromatic N) is 2. The highest BCUT2D eigenvalue weighted by atomic mass is 16.5. The summed E-state index contributed by atoms with van der Waals surface area (Å²) in [6, 6.07) is 0.418. The SMILES string of the molecule is CC1(C)CB(c2cnn(C3COC3)c2)OC1(C)C. The monoisotopic (exact) mass is 248 g/mol. The summed E-state index contributed by atoms with van der Waals surface area (Å²) in [6.45, 7) is 10.6. The molecule has 2 aliphatic rings. The highest BCUT2D eigenvalue weighted by molar-refractivity contribution is 6.68. The van der Waals surface area contributed by atoms with Crippen LogP contribution in [0.4, 0.5) is 0 Å². The fourth-order valence-electron chi connectivity index (χ4n) is 2.55. The van der Waals surface area contributed by atoms with Crippen molar-refractivity contribution in [2.75, 3.05) is 13.2 Å². The summed E-state index contributed by atoms with van der Waals surface area (Å²) < 4.78 is 13.4. The van der Waals surface area contributed by atoms with Crippen LogP contribution in [0.15, 0.2) is 12.4 Å². The minimum Gasteiger partial charge on any atom is -0.425 e. The van der Waals surface area contributed by atoms with E-state index in [1.54, 1.807) is 0 Å². The molecule has 0 spiro atoms. The molecular weight excluding hydrogens is 227 g/mol. The van der Waals surface area contributed by atoms with Crippen LogP contribution in [0.5, 0.6) is 0 Å². The summed E-state index contributed by atoms with van der Waals surface area (Å²) in [5.41, 5.74) is 1.30. The van der Waals surface area contributed by atoms with Gasteiger partial charge in [-0.05, 0) is 31.0 Å². The molecule has 98 valence electrons. The van der Waals surface area contributed by atoms with Gasteiger partial charge in [0.15, 0.2) is 0 Å². The molecule has 18 heavy (non-hydrogen) atoms. The number of hydrogen-bond donors (Lipinski definition) is 0. The molecule has 2 aliphatic heterocycles. The van der Waals surface area contributed by atoms with Crippen LogP contribution in [-0.2, 0) is 9.39 Å². The molecule has 4 nitrogen and oxygen atoms in total. The third-order valence-electron chi connectivity index (χ3n) is 4.75. The minimum atomic E-state index is -0.0840. The summed E-state index contributed by atoms with van der Waals surface area (Å²) in [5, 5.41) is 4.43. The van der Waals surface area contributed by atoms with E-state index < -0.39 is 0 Å². The van der Waals surface area contributed by atoms with Gasteiger partial charge in [-0.25, -0.2) is 0 Å². The molecule has 1 aromatic rings. The molecule has 0 N–H and O–H groups in total. The molecule has 0 bridgehead atoms. The normalized spacial score (nSPS) is 26.3. The Bertz CT molecular complexity index is 436. The summed E-state index contributed by atoms with van der Waals surface area (Å²) in [5.74, 6) is 0. The van der Waals surface area contributed by atoms with Gasteiger partial charge in [0, 0.05) is 12.4 Å². The quantitative estimate of drug-likeness (QED) is 0.744. The predicted octanol–water partition coefficient (Wildman–Crippen LogP) is 1.49.